The second-order valence-corrected chi connectivity index (χ2v) is 10.6. The zero-order valence-electron chi connectivity index (χ0n) is 23.5. The molecule has 1 heterocycles. The summed E-state index contributed by atoms with van der Waals surface area (Å²) in [6, 6.07) is 15.8. The minimum Gasteiger partial charge on any atom is -0.497 e. The molecule has 0 bridgehead atoms. The largest absolute Gasteiger partial charge is 0.497 e. The van der Waals surface area contributed by atoms with Crippen LogP contribution in [0, 0.1) is 13.8 Å². The number of fused-ring (bicyclic) bond motifs is 1. The number of carbonyl (C=O) groups excluding carboxylic acids is 1. The van der Waals surface area contributed by atoms with Crippen LogP contribution in [0.25, 0.3) is 11.1 Å². The van der Waals surface area contributed by atoms with Crippen LogP contribution in [0.4, 0.5) is 0 Å². The van der Waals surface area contributed by atoms with Gasteiger partial charge in [0.25, 0.3) is 0 Å². The number of rotatable bonds is 8. The lowest BCUT2D eigenvalue weighted by atomic mass is 9.86. The summed E-state index contributed by atoms with van der Waals surface area (Å²) < 4.78 is 29.3. The van der Waals surface area contributed by atoms with Gasteiger partial charge < -0.3 is 23.7 Å². The molecule has 0 fully saturated rings. The lowest BCUT2D eigenvalue weighted by molar-refractivity contribution is -0.164. The lowest BCUT2D eigenvalue weighted by Crippen LogP contribution is -2.29. The lowest BCUT2D eigenvalue weighted by Gasteiger charge is -2.30. The van der Waals surface area contributed by atoms with E-state index in [1.165, 1.54) is 12.7 Å². The summed E-state index contributed by atoms with van der Waals surface area (Å²) in [7, 11) is 3.04. The van der Waals surface area contributed by atoms with E-state index in [1.807, 2.05) is 70.2 Å². The molecule has 0 aromatic heterocycles. The van der Waals surface area contributed by atoms with Crippen molar-refractivity contribution in [3.05, 3.63) is 76.3 Å². The summed E-state index contributed by atoms with van der Waals surface area (Å²) in [5, 5.41) is 0. The van der Waals surface area contributed by atoms with Crippen molar-refractivity contribution in [2.45, 2.75) is 65.8 Å². The highest BCUT2D eigenvalue weighted by Gasteiger charge is 2.34. The summed E-state index contributed by atoms with van der Waals surface area (Å²) in [4.78, 5) is 13.2. The van der Waals surface area contributed by atoms with Gasteiger partial charge in [-0.2, -0.15) is 0 Å². The highest BCUT2D eigenvalue weighted by Crippen LogP contribution is 2.45. The van der Waals surface area contributed by atoms with Crippen LogP contribution in [-0.4, -0.2) is 32.4 Å². The van der Waals surface area contributed by atoms with Crippen LogP contribution in [-0.2, 0) is 27.3 Å². The Kier molecular flexibility index (Phi) is 8.32. The Hall–Kier alpha value is -3.51. The van der Waals surface area contributed by atoms with Crippen LogP contribution in [0.1, 0.15) is 61.1 Å². The Balaban J connectivity index is 1.89. The van der Waals surface area contributed by atoms with E-state index >= 15 is 0 Å². The van der Waals surface area contributed by atoms with E-state index in [0.717, 1.165) is 64.3 Å². The second-order valence-electron chi connectivity index (χ2n) is 10.6. The van der Waals surface area contributed by atoms with Crippen LogP contribution in [0.2, 0.25) is 0 Å². The van der Waals surface area contributed by atoms with Gasteiger partial charge in [0.1, 0.15) is 23.9 Å². The summed E-state index contributed by atoms with van der Waals surface area (Å²) in [6.07, 6.45) is 0.986. The molecule has 1 atom stereocenters. The van der Waals surface area contributed by atoms with Gasteiger partial charge in [-0.3, -0.25) is 0 Å². The average molecular weight is 519 g/mol. The number of aryl methyl sites for hydroxylation is 1. The van der Waals surface area contributed by atoms with Gasteiger partial charge in [0.05, 0.1) is 26.4 Å². The fourth-order valence-corrected chi connectivity index (χ4v) is 4.89. The van der Waals surface area contributed by atoms with Gasteiger partial charge in [0.2, 0.25) is 0 Å². The molecule has 4 rings (SSSR count). The number of carbonyl (C=O) groups is 1. The van der Waals surface area contributed by atoms with E-state index < -0.39 is 17.7 Å². The zero-order chi connectivity index (χ0) is 27.4. The van der Waals surface area contributed by atoms with Crippen LogP contribution in [0.15, 0.2) is 48.5 Å². The Morgan fingerprint density at radius 3 is 2.39 bits per heavy atom. The average Bonchev–Trinajstić information content (AvgIpc) is 2.91. The fraction of sp³-hybridized carbons (Fsp3) is 0.406. The van der Waals surface area contributed by atoms with Gasteiger partial charge in [-0.15, -0.1) is 0 Å². The fourth-order valence-electron chi connectivity index (χ4n) is 4.89. The van der Waals surface area contributed by atoms with E-state index in [9.17, 15) is 4.79 Å². The smallest absolute Gasteiger partial charge is 0.339 e. The third-order valence-corrected chi connectivity index (χ3v) is 6.78. The molecule has 6 heteroatoms. The molecule has 202 valence electrons. The van der Waals surface area contributed by atoms with Gasteiger partial charge in [-0.05, 0) is 99.5 Å². The highest BCUT2D eigenvalue weighted by atomic mass is 16.6. The molecule has 1 aliphatic heterocycles. The Labute approximate surface area is 225 Å². The molecule has 3 aromatic carbocycles. The van der Waals surface area contributed by atoms with Crippen molar-refractivity contribution in [1.29, 1.82) is 0 Å². The maximum absolute atomic E-state index is 13.2. The van der Waals surface area contributed by atoms with E-state index in [0.29, 0.717) is 12.4 Å². The molecule has 0 aliphatic carbocycles. The number of ether oxygens (including phenoxy) is 5. The summed E-state index contributed by atoms with van der Waals surface area (Å²) in [5.74, 6) is 1.94. The number of esters is 1. The van der Waals surface area contributed by atoms with Gasteiger partial charge in [-0.25, -0.2) is 4.79 Å². The zero-order valence-corrected chi connectivity index (χ0v) is 23.5. The molecule has 1 unspecified atom stereocenters. The van der Waals surface area contributed by atoms with E-state index in [-0.39, 0.29) is 0 Å². The monoisotopic (exact) mass is 518 g/mol. The first kappa shape index (κ1) is 27.5. The molecule has 0 radical (unpaired) electrons. The van der Waals surface area contributed by atoms with Crippen molar-refractivity contribution in [3.8, 4) is 28.4 Å². The molecule has 6 nitrogen and oxygen atoms in total. The van der Waals surface area contributed by atoms with Crippen molar-refractivity contribution < 1.29 is 28.5 Å². The molecule has 3 aromatic rings. The molecule has 0 spiro atoms. The van der Waals surface area contributed by atoms with Crippen molar-refractivity contribution in [2.24, 2.45) is 0 Å². The molecule has 38 heavy (non-hydrogen) atoms. The second kappa shape index (κ2) is 11.5. The number of benzene rings is 3. The molecular formula is C32H38O6. The molecule has 0 saturated heterocycles. The standard InChI is InChI=1S/C32H38O6/c1-20-10-16-27(37-19-22-11-13-23(34-6)14-12-22)29(28(20)30(31(33)35-7)38-32(3,4)5)25-15-17-26-24(21(25)2)9-8-18-36-26/h10-17,30H,8-9,18-19H2,1-7H3. The van der Waals surface area contributed by atoms with E-state index in [1.54, 1.807) is 7.11 Å². The molecule has 0 N–H and O–H groups in total. The molecular weight excluding hydrogens is 480 g/mol. The molecule has 1 aliphatic rings. The first-order valence-corrected chi connectivity index (χ1v) is 13.0. The predicted octanol–water partition coefficient (Wildman–Crippen LogP) is 6.91. The SMILES string of the molecule is COC(=O)C(OC(C)(C)C)c1c(C)ccc(OCc2ccc(OC)cc2)c1-c1ccc2c(c1C)CCCO2. The van der Waals surface area contributed by atoms with Gasteiger partial charge in [0, 0.05) is 11.1 Å². The maximum atomic E-state index is 13.2. The minimum absolute atomic E-state index is 0.357. The topological polar surface area (TPSA) is 63.2 Å². The van der Waals surface area contributed by atoms with Crippen molar-refractivity contribution in [1.82, 2.24) is 0 Å². The Morgan fingerprint density at radius 1 is 1.00 bits per heavy atom. The number of hydrogen-bond acceptors (Lipinski definition) is 6. The van der Waals surface area contributed by atoms with Crippen LogP contribution >= 0.6 is 0 Å². The van der Waals surface area contributed by atoms with Gasteiger partial charge in [-0.1, -0.05) is 24.3 Å². The third-order valence-electron chi connectivity index (χ3n) is 6.78. The normalized spacial score (nSPS) is 13.8. The summed E-state index contributed by atoms with van der Waals surface area (Å²) in [6.45, 7) is 11.0. The molecule has 0 amide bonds. The Bertz CT molecular complexity index is 1290. The minimum atomic E-state index is -0.925. The quantitative estimate of drug-likeness (QED) is 0.302. The van der Waals surface area contributed by atoms with Crippen molar-refractivity contribution in [2.75, 3.05) is 20.8 Å². The van der Waals surface area contributed by atoms with Crippen LogP contribution in [0.3, 0.4) is 0 Å². The van der Waals surface area contributed by atoms with Gasteiger partial charge >= 0.3 is 5.97 Å². The van der Waals surface area contributed by atoms with Crippen molar-refractivity contribution in [3.63, 3.8) is 0 Å². The van der Waals surface area contributed by atoms with Crippen molar-refractivity contribution >= 4 is 5.97 Å². The number of methoxy groups -OCH3 is 2. The number of hydrogen-bond donors (Lipinski definition) is 0. The van der Waals surface area contributed by atoms with Crippen LogP contribution < -0.4 is 14.2 Å². The van der Waals surface area contributed by atoms with E-state index in [4.69, 9.17) is 23.7 Å². The summed E-state index contributed by atoms with van der Waals surface area (Å²) in [5.41, 5.74) is 6.22. The third kappa shape index (κ3) is 5.97. The van der Waals surface area contributed by atoms with E-state index in [2.05, 4.69) is 13.0 Å². The summed E-state index contributed by atoms with van der Waals surface area (Å²) >= 11 is 0. The predicted molar refractivity (Wildman–Crippen MR) is 148 cm³/mol. The maximum Gasteiger partial charge on any atom is 0.339 e. The Morgan fingerprint density at radius 2 is 1.74 bits per heavy atom. The first-order valence-electron chi connectivity index (χ1n) is 13.0. The van der Waals surface area contributed by atoms with Crippen LogP contribution in [0.5, 0.6) is 17.2 Å². The highest BCUT2D eigenvalue weighted by molar-refractivity contribution is 5.86. The first-order chi connectivity index (χ1) is 18.1. The molecule has 0 saturated carbocycles. The van der Waals surface area contributed by atoms with Gasteiger partial charge in [0.15, 0.2) is 6.10 Å².